The summed E-state index contributed by atoms with van der Waals surface area (Å²) in [5, 5.41) is 10.5. The van der Waals surface area contributed by atoms with Gasteiger partial charge in [-0.2, -0.15) is 0 Å². The smallest absolute Gasteiger partial charge is 0.0946 e. The van der Waals surface area contributed by atoms with Crippen LogP contribution in [0.15, 0.2) is 18.7 Å². The third-order valence-corrected chi connectivity index (χ3v) is 3.66. The van der Waals surface area contributed by atoms with Gasteiger partial charge in [0.1, 0.15) is 0 Å². The molecule has 1 aliphatic rings. The summed E-state index contributed by atoms with van der Waals surface area (Å²) >= 11 is 0. The Morgan fingerprint density at radius 2 is 2.21 bits per heavy atom. The van der Waals surface area contributed by atoms with E-state index in [1.54, 1.807) is 12.5 Å². The fourth-order valence-electron chi connectivity index (χ4n) is 2.37. The molecule has 0 spiro atoms. The molecule has 1 atom stereocenters. The molecule has 78 valence electrons. The molecule has 0 aliphatic heterocycles. The Hall–Kier alpha value is -0.830. The van der Waals surface area contributed by atoms with Gasteiger partial charge in [0.15, 0.2) is 0 Å². The fraction of sp³-hybridized carbons (Fsp3) is 0.727. The summed E-state index contributed by atoms with van der Waals surface area (Å²) in [6, 6.07) is 0. The van der Waals surface area contributed by atoms with Crippen molar-refractivity contribution in [1.29, 1.82) is 0 Å². The standard InChI is InChI=1S/C11H18N2O/c1-10(2)4-3-5-11(10,14)8-13-7-6-12-9-13/h6-7,9,14H,3-5,8H2,1-2H3. The number of rotatable bonds is 2. The third kappa shape index (κ3) is 1.46. The molecule has 3 nitrogen and oxygen atoms in total. The van der Waals surface area contributed by atoms with Gasteiger partial charge in [-0.15, -0.1) is 0 Å². The lowest BCUT2D eigenvalue weighted by Crippen LogP contribution is -2.43. The molecule has 0 aromatic carbocycles. The van der Waals surface area contributed by atoms with Crippen LogP contribution in [0.25, 0.3) is 0 Å². The minimum atomic E-state index is -0.562. The van der Waals surface area contributed by atoms with E-state index in [9.17, 15) is 5.11 Å². The molecule has 2 rings (SSSR count). The van der Waals surface area contributed by atoms with Gasteiger partial charge in [0.25, 0.3) is 0 Å². The number of aliphatic hydroxyl groups is 1. The average molecular weight is 194 g/mol. The van der Waals surface area contributed by atoms with Crippen LogP contribution in [0.4, 0.5) is 0 Å². The quantitative estimate of drug-likeness (QED) is 0.780. The highest BCUT2D eigenvalue weighted by Gasteiger charge is 2.47. The van der Waals surface area contributed by atoms with Gasteiger partial charge in [0.05, 0.1) is 18.5 Å². The summed E-state index contributed by atoms with van der Waals surface area (Å²) in [7, 11) is 0. The molecule has 0 saturated heterocycles. The van der Waals surface area contributed by atoms with Gasteiger partial charge in [-0.3, -0.25) is 0 Å². The van der Waals surface area contributed by atoms with E-state index in [1.165, 1.54) is 0 Å². The predicted molar refractivity (Wildman–Crippen MR) is 54.8 cm³/mol. The van der Waals surface area contributed by atoms with Crippen molar-refractivity contribution in [2.45, 2.75) is 45.3 Å². The highest BCUT2D eigenvalue weighted by Crippen LogP contribution is 2.46. The predicted octanol–water partition coefficient (Wildman–Crippen LogP) is 1.82. The van der Waals surface area contributed by atoms with Gasteiger partial charge in [0, 0.05) is 12.4 Å². The Labute approximate surface area is 84.8 Å². The molecule has 1 aromatic rings. The Morgan fingerprint density at radius 1 is 1.43 bits per heavy atom. The van der Waals surface area contributed by atoms with E-state index in [4.69, 9.17) is 0 Å². The van der Waals surface area contributed by atoms with Gasteiger partial charge in [-0.1, -0.05) is 13.8 Å². The van der Waals surface area contributed by atoms with Crippen molar-refractivity contribution in [3.8, 4) is 0 Å². The molecule has 0 radical (unpaired) electrons. The SMILES string of the molecule is CC1(C)CCCC1(O)Cn1ccnc1. The van der Waals surface area contributed by atoms with E-state index in [2.05, 4.69) is 18.8 Å². The molecule has 14 heavy (non-hydrogen) atoms. The molecule has 1 heterocycles. The highest BCUT2D eigenvalue weighted by molar-refractivity contribution is 4.99. The van der Waals surface area contributed by atoms with Crippen LogP contribution in [-0.4, -0.2) is 20.3 Å². The first-order chi connectivity index (χ1) is 6.54. The van der Waals surface area contributed by atoms with Gasteiger partial charge in [-0.05, 0) is 24.7 Å². The van der Waals surface area contributed by atoms with Crippen molar-refractivity contribution >= 4 is 0 Å². The van der Waals surface area contributed by atoms with Crippen molar-refractivity contribution in [2.24, 2.45) is 5.41 Å². The summed E-state index contributed by atoms with van der Waals surface area (Å²) < 4.78 is 1.97. The fourth-order valence-corrected chi connectivity index (χ4v) is 2.37. The summed E-state index contributed by atoms with van der Waals surface area (Å²) in [5.41, 5.74) is -0.537. The van der Waals surface area contributed by atoms with Crippen molar-refractivity contribution in [3.05, 3.63) is 18.7 Å². The second-order valence-electron chi connectivity index (χ2n) is 5.00. The minimum Gasteiger partial charge on any atom is -0.387 e. The monoisotopic (exact) mass is 194 g/mol. The summed E-state index contributed by atoms with van der Waals surface area (Å²) in [5.74, 6) is 0. The molecule has 1 unspecified atom stereocenters. The third-order valence-electron chi connectivity index (χ3n) is 3.66. The molecular formula is C11H18N2O. The van der Waals surface area contributed by atoms with E-state index in [0.717, 1.165) is 19.3 Å². The van der Waals surface area contributed by atoms with Crippen molar-refractivity contribution in [1.82, 2.24) is 9.55 Å². The van der Waals surface area contributed by atoms with Crippen LogP contribution in [-0.2, 0) is 6.54 Å². The summed E-state index contributed by atoms with van der Waals surface area (Å²) in [4.78, 5) is 3.99. The molecular weight excluding hydrogens is 176 g/mol. The van der Waals surface area contributed by atoms with Crippen molar-refractivity contribution in [2.75, 3.05) is 0 Å². The largest absolute Gasteiger partial charge is 0.387 e. The minimum absolute atomic E-state index is 0.0251. The molecule has 1 aromatic heterocycles. The maximum absolute atomic E-state index is 10.5. The lowest BCUT2D eigenvalue weighted by molar-refractivity contribution is -0.0562. The van der Waals surface area contributed by atoms with Crippen LogP contribution in [0.3, 0.4) is 0 Å². The van der Waals surface area contributed by atoms with Crippen LogP contribution in [0.1, 0.15) is 33.1 Å². The van der Waals surface area contributed by atoms with E-state index >= 15 is 0 Å². The zero-order chi connectivity index (χ0) is 10.2. The van der Waals surface area contributed by atoms with E-state index in [0.29, 0.717) is 6.54 Å². The summed E-state index contributed by atoms with van der Waals surface area (Å²) in [6.45, 7) is 4.97. The van der Waals surface area contributed by atoms with Crippen LogP contribution in [0.2, 0.25) is 0 Å². The van der Waals surface area contributed by atoms with E-state index in [-0.39, 0.29) is 5.41 Å². The molecule has 1 fully saturated rings. The van der Waals surface area contributed by atoms with Gasteiger partial charge in [-0.25, -0.2) is 4.98 Å². The molecule has 1 N–H and O–H groups in total. The van der Waals surface area contributed by atoms with Gasteiger partial charge in [0.2, 0.25) is 0 Å². The molecule has 1 aliphatic carbocycles. The molecule has 1 saturated carbocycles. The number of nitrogens with zero attached hydrogens (tertiary/aromatic N) is 2. The first-order valence-corrected chi connectivity index (χ1v) is 5.22. The zero-order valence-corrected chi connectivity index (χ0v) is 8.90. The highest BCUT2D eigenvalue weighted by atomic mass is 16.3. The van der Waals surface area contributed by atoms with Crippen molar-refractivity contribution < 1.29 is 5.11 Å². The topological polar surface area (TPSA) is 38.0 Å². The maximum Gasteiger partial charge on any atom is 0.0946 e. The maximum atomic E-state index is 10.5. The molecule has 3 heteroatoms. The van der Waals surface area contributed by atoms with E-state index < -0.39 is 5.60 Å². The molecule has 0 amide bonds. The average Bonchev–Trinajstić information content (AvgIpc) is 2.63. The van der Waals surface area contributed by atoms with Gasteiger partial charge < -0.3 is 9.67 Å². The van der Waals surface area contributed by atoms with Crippen LogP contribution < -0.4 is 0 Å². The Balaban J connectivity index is 2.17. The lowest BCUT2D eigenvalue weighted by atomic mass is 9.78. The second-order valence-corrected chi connectivity index (χ2v) is 5.00. The van der Waals surface area contributed by atoms with Crippen LogP contribution >= 0.6 is 0 Å². The number of hydrogen-bond acceptors (Lipinski definition) is 2. The Kier molecular flexibility index (Phi) is 2.14. The first kappa shape index (κ1) is 9.71. The molecule has 0 bridgehead atoms. The lowest BCUT2D eigenvalue weighted by Gasteiger charge is -2.36. The first-order valence-electron chi connectivity index (χ1n) is 5.22. The second kappa shape index (κ2) is 3.09. The number of hydrogen-bond donors (Lipinski definition) is 1. The summed E-state index contributed by atoms with van der Waals surface area (Å²) in [6.07, 6.45) is 8.57. The van der Waals surface area contributed by atoms with Gasteiger partial charge >= 0.3 is 0 Å². The van der Waals surface area contributed by atoms with Crippen LogP contribution in [0, 0.1) is 5.41 Å². The van der Waals surface area contributed by atoms with Crippen LogP contribution in [0.5, 0.6) is 0 Å². The normalized spacial score (nSPS) is 30.8. The van der Waals surface area contributed by atoms with E-state index in [1.807, 2.05) is 10.8 Å². The van der Waals surface area contributed by atoms with Crippen molar-refractivity contribution in [3.63, 3.8) is 0 Å². The number of imidazole rings is 1. The number of aromatic nitrogens is 2. The Bertz CT molecular complexity index is 305. The zero-order valence-electron chi connectivity index (χ0n) is 8.90. The Morgan fingerprint density at radius 3 is 2.71 bits per heavy atom.